The second kappa shape index (κ2) is 18.4. The van der Waals surface area contributed by atoms with Gasteiger partial charge in [0.05, 0.1) is 0 Å². The molecule has 0 radical (unpaired) electrons. The summed E-state index contributed by atoms with van der Waals surface area (Å²) in [5.74, 6) is -3.43. The Morgan fingerprint density at radius 2 is 1.30 bits per heavy atom. The van der Waals surface area contributed by atoms with Gasteiger partial charge in [0, 0.05) is 6.04 Å². The third kappa shape index (κ3) is 10.9. The fraction of sp³-hybridized carbons (Fsp3) is 0.913. The number of nitrogens with two attached hydrogens (primary N) is 1. The number of aliphatic carboxylic acids is 2. The molecule has 0 spiro atoms. The van der Waals surface area contributed by atoms with Crippen LogP contribution in [0.3, 0.4) is 0 Å². The first kappa shape index (κ1) is 32.0. The molecule has 0 saturated heterocycles. The quantitative estimate of drug-likeness (QED) is 0.211. The summed E-state index contributed by atoms with van der Waals surface area (Å²) in [5, 5.41) is 19.8. The van der Waals surface area contributed by atoms with E-state index < -0.39 is 23.4 Å². The number of hydrogen-bond donors (Lipinski definition) is 3. The monoisotopic (exact) mass is 438 g/mol. The summed E-state index contributed by atoms with van der Waals surface area (Å²) in [6, 6.07) is -0.383. The van der Waals surface area contributed by atoms with Gasteiger partial charge in [-0.2, -0.15) is 0 Å². The molecule has 0 aliphatic heterocycles. The van der Waals surface area contributed by atoms with Gasteiger partial charge in [-0.05, 0) is 25.9 Å². The first-order valence-corrected chi connectivity index (χ1v) is 11.8. The van der Waals surface area contributed by atoms with Crippen LogP contribution in [-0.4, -0.2) is 51.7 Å². The zero-order chi connectivity index (χ0) is 22.3. The maximum Gasteiger partial charge on any atom is 1.00 e. The van der Waals surface area contributed by atoms with E-state index in [-0.39, 0.29) is 43.4 Å². The number of hydrogen-bond acceptors (Lipinski definition) is 4. The molecule has 3 atom stereocenters. The first-order chi connectivity index (χ1) is 13.8. The Morgan fingerprint density at radius 3 is 1.63 bits per heavy atom. The first-order valence-electron chi connectivity index (χ1n) is 11.8. The van der Waals surface area contributed by atoms with Gasteiger partial charge in [0.2, 0.25) is 0 Å². The van der Waals surface area contributed by atoms with Crippen molar-refractivity contribution in [2.45, 2.75) is 116 Å². The maximum atomic E-state index is 12.1. The van der Waals surface area contributed by atoms with Crippen molar-refractivity contribution in [3.63, 3.8) is 0 Å². The number of carboxylic acids is 2. The molecule has 0 aliphatic carbocycles. The van der Waals surface area contributed by atoms with Gasteiger partial charge in [-0.25, -0.2) is 0 Å². The third-order valence-corrected chi connectivity index (χ3v) is 6.25. The summed E-state index contributed by atoms with van der Waals surface area (Å²) < 4.78 is 0. The van der Waals surface area contributed by atoms with Crippen LogP contribution >= 0.6 is 0 Å². The van der Waals surface area contributed by atoms with Crippen LogP contribution in [0.15, 0.2) is 0 Å². The molecule has 0 rings (SSSR count). The molecule has 0 amide bonds. The molecule has 0 aliphatic rings. The smallest absolute Gasteiger partial charge is 1.00 e. The van der Waals surface area contributed by atoms with Crippen LogP contribution in [0.4, 0.5) is 0 Å². The average molecular weight is 439 g/mol. The molecule has 4 N–H and O–H groups in total. The Bertz CT molecular complexity index is 467. The molecule has 7 heteroatoms. The van der Waals surface area contributed by atoms with E-state index in [1.54, 1.807) is 0 Å². The second-order valence-electron chi connectivity index (χ2n) is 8.29. The minimum absolute atomic E-state index is 0. The van der Waals surface area contributed by atoms with Gasteiger partial charge >= 0.3 is 41.5 Å². The Labute approximate surface area is 208 Å². The van der Waals surface area contributed by atoms with E-state index in [0.29, 0.717) is 25.9 Å². The summed E-state index contributed by atoms with van der Waals surface area (Å²) in [6.45, 7) is 9.40. The number of nitrogens with zero attached hydrogens (tertiary/aromatic N) is 1. The molecule has 0 bridgehead atoms. The molecule has 3 unspecified atom stereocenters. The molecule has 6 nitrogen and oxygen atoms in total. The minimum Gasteiger partial charge on any atom is -1.00 e. The number of carboxylic acid groups (broad SMARTS) is 2. The van der Waals surface area contributed by atoms with Crippen LogP contribution in [0.2, 0.25) is 0 Å². The second-order valence-corrected chi connectivity index (χ2v) is 8.29. The normalized spacial score (nSPS) is 15.3. The van der Waals surface area contributed by atoms with Crippen LogP contribution < -0.4 is 35.3 Å². The zero-order valence-corrected chi connectivity index (χ0v) is 22.3. The summed E-state index contributed by atoms with van der Waals surface area (Å²) in [4.78, 5) is 26.2. The number of rotatable bonds is 19. The SMILES string of the molecule is CCCCCCCCCCCCC(N)(C(=O)O)C(C(=O)O)C(CC)N(CC)CC.[H-].[Na+]. The molecule has 174 valence electrons. The molecule has 0 saturated carbocycles. The van der Waals surface area contributed by atoms with E-state index in [1.165, 1.54) is 38.5 Å². The van der Waals surface area contributed by atoms with Crippen LogP contribution in [0, 0.1) is 5.92 Å². The van der Waals surface area contributed by atoms with E-state index in [4.69, 9.17) is 5.73 Å². The van der Waals surface area contributed by atoms with Crippen molar-refractivity contribution in [1.29, 1.82) is 0 Å². The predicted molar refractivity (Wildman–Crippen MR) is 120 cm³/mol. The van der Waals surface area contributed by atoms with Gasteiger partial charge in [-0.15, -0.1) is 0 Å². The van der Waals surface area contributed by atoms with Gasteiger partial charge in [-0.3, -0.25) is 14.5 Å². The summed E-state index contributed by atoms with van der Waals surface area (Å²) in [7, 11) is 0. The van der Waals surface area contributed by atoms with Gasteiger partial charge in [0.15, 0.2) is 0 Å². The molecule has 0 aromatic rings. The van der Waals surface area contributed by atoms with E-state index in [2.05, 4.69) is 6.92 Å². The Morgan fingerprint density at radius 1 is 0.867 bits per heavy atom. The minimum atomic E-state index is -1.74. The van der Waals surface area contributed by atoms with Crippen LogP contribution in [0.25, 0.3) is 0 Å². The van der Waals surface area contributed by atoms with Gasteiger partial charge < -0.3 is 17.4 Å². The Balaban J connectivity index is -0.00000392. The summed E-state index contributed by atoms with van der Waals surface area (Å²) in [6.07, 6.45) is 12.2. The fourth-order valence-electron chi connectivity index (χ4n) is 4.43. The molecule has 0 aromatic carbocycles. The van der Waals surface area contributed by atoms with Crippen LogP contribution in [-0.2, 0) is 9.59 Å². The Hall–Kier alpha value is -0.140. The average Bonchev–Trinajstić information content (AvgIpc) is 2.68. The largest absolute Gasteiger partial charge is 1.00 e. The van der Waals surface area contributed by atoms with E-state index in [9.17, 15) is 19.8 Å². The van der Waals surface area contributed by atoms with Gasteiger partial charge in [-0.1, -0.05) is 91.9 Å². The van der Waals surface area contributed by atoms with Gasteiger partial charge in [0.25, 0.3) is 0 Å². The molecule has 0 fully saturated rings. The van der Waals surface area contributed by atoms with Crippen molar-refractivity contribution in [1.82, 2.24) is 4.90 Å². The van der Waals surface area contributed by atoms with Crippen molar-refractivity contribution in [3.05, 3.63) is 0 Å². The standard InChI is InChI=1S/C23H46N2O4.Na.H/c1-5-9-10-11-12-13-14-15-16-17-18-23(24,22(28)29)20(21(26)27)19(6-2)25(7-3)8-4;;/h19-20H,5-18,24H2,1-4H3,(H,26,27)(H,28,29);;/q;+1;-1. The molecular formula is C23H47N2NaO4. The van der Waals surface area contributed by atoms with Crippen molar-refractivity contribution in [3.8, 4) is 0 Å². The summed E-state index contributed by atoms with van der Waals surface area (Å²) >= 11 is 0. The maximum absolute atomic E-state index is 12.1. The van der Waals surface area contributed by atoms with Crippen molar-refractivity contribution in [2.75, 3.05) is 13.1 Å². The molecule has 0 heterocycles. The molecule has 30 heavy (non-hydrogen) atoms. The van der Waals surface area contributed by atoms with E-state index in [1.807, 2.05) is 25.7 Å². The Kier molecular flexibility index (Phi) is 19.7. The van der Waals surface area contributed by atoms with E-state index in [0.717, 1.165) is 19.3 Å². The third-order valence-electron chi connectivity index (χ3n) is 6.25. The van der Waals surface area contributed by atoms with Gasteiger partial charge in [0.1, 0.15) is 11.5 Å². The van der Waals surface area contributed by atoms with Crippen molar-refractivity contribution in [2.24, 2.45) is 11.7 Å². The topological polar surface area (TPSA) is 104 Å². The number of carbonyl (C=O) groups is 2. The molecule has 0 aromatic heterocycles. The fourth-order valence-corrected chi connectivity index (χ4v) is 4.43. The molecular weight excluding hydrogens is 391 g/mol. The van der Waals surface area contributed by atoms with Crippen molar-refractivity contribution >= 4 is 11.9 Å². The summed E-state index contributed by atoms with van der Waals surface area (Å²) in [5.41, 5.74) is 4.57. The van der Waals surface area contributed by atoms with Crippen LogP contribution in [0.5, 0.6) is 0 Å². The predicted octanol–water partition coefficient (Wildman–Crippen LogP) is 2.02. The van der Waals surface area contributed by atoms with Crippen LogP contribution in [0.1, 0.15) is 106 Å². The number of unbranched alkanes of at least 4 members (excludes halogenated alkanes) is 9. The zero-order valence-electron chi connectivity index (χ0n) is 21.3. The van der Waals surface area contributed by atoms with E-state index >= 15 is 0 Å². The van der Waals surface area contributed by atoms with Crippen molar-refractivity contribution < 1.29 is 50.8 Å².